The molecule has 3 aliphatic rings. The minimum absolute atomic E-state index is 0.129. The van der Waals surface area contributed by atoms with Crippen LogP contribution in [0.1, 0.15) is 46.0 Å². The van der Waals surface area contributed by atoms with E-state index in [4.69, 9.17) is 0 Å². The van der Waals surface area contributed by atoms with Crippen molar-refractivity contribution in [3.05, 3.63) is 34.9 Å². The molecule has 0 aliphatic carbocycles. The molecular weight excluding hydrogens is 378 g/mol. The van der Waals surface area contributed by atoms with E-state index in [1.807, 2.05) is 6.92 Å². The largest absolute Gasteiger partial charge is 0.481 e. The summed E-state index contributed by atoms with van der Waals surface area (Å²) in [5.74, 6) is -3.02. The average molecular weight is 399 g/mol. The molecule has 3 heterocycles. The third kappa shape index (κ3) is 3.26. The molecule has 152 valence electrons. The molecule has 1 unspecified atom stereocenters. The van der Waals surface area contributed by atoms with Crippen LogP contribution in [-0.4, -0.2) is 63.6 Å². The highest BCUT2D eigenvalue weighted by Crippen LogP contribution is 2.30. The lowest BCUT2D eigenvalue weighted by Crippen LogP contribution is -2.52. The molecule has 9 heteroatoms. The van der Waals surface area contributed by atoms with Gasteiger partial charge < -0.3 is 14.9 Å². The number of carbonyl (C=O) groups excluding carboxylic acids is 4. The Morgan fingerprint density at radius 1 is 1.17 bits per heavy atom. The molecule has 0 aromatic heterocycles. The van der Waals surface area contributed by atoms with Crippen LogP contribution in [0.25, 0.3) is 0 Å². The highest BCUT2D eigenvalue weighted by Gasteiger charge is 2.40. The van der Waals surface area contributed by atoms with Gasteiger partial charge in [0.25, 0.3) is 11.8 Å². The Balaban J connectivity index is 1.52. The first kappa shape index (κ1) is 19.1. The van der Waals surface area contributed by atoms with Gasteiger partial charge in [0, 0.05) is 37.2 Å². The van der Waals surface area contributed by atoms with Crippen molar-refractivity contribution in [3.63, 3.8) is 0 Å². The topological polar surface area (TPSA) is 124 Å². The van der Waals surface area contributed by atoms with Gasteiger partial charge >= 0.3 is 5.97 Å². The SMILES string of the molecule is C[C@@H]1CN(C(=O)c2ccc3c(c2)CN(C2CCC(=O)NC2=O)C3=O)C[C@H]1C(=O)O. The van der Waals surface area contributed by atoms with Crippen LogP contribution in [0.2, 0.25) is 0 Å². The van der Waals surface area contributed by atoms with Gasteiger partial charge in [0.05, 0.1) is 5.92 Å². The first-order valence-corrected chi connectivity index (χ1v) is 9.56. The molecule has 4 amide bonds. The number of likely N-dealkylation sites (tertiary alicyclic amines) is 1. The maximum Gasteiger partial charge on any atom is 0.308 e. The standard InChI is InChI=1S/C20H21N3O6/c1-10-7-22(9-14(10)20(28)29)18(26)11-2-3-13-12(6-11)8-23(19(13)27)15-4-5-16(24)21-17(15)25/h2-3,6,10,14-15H,4-5,7-9H2,1H3,(H,28,29)(H,21,24,25)/t10-,14-,15?/m1/s1. The van der Waals surface area contributed by atoms with E-state index < -0.39 is 23.8 Å². The molecule has 0 bridgehead atoms. The molecule has 0 spiro atoms. The summed E-state index contributed by atoms with van der Waals surface area (Å²) in [5, 5.41) is 11.5. The van der Waals surface area contributed by atoms with Crippen LogP contribution in [0.4, 0.5) is 0 Å². The van der Waals surface area contributed by atoms with Gasteiger partial charge in [-0.15, -0.1) is 0 Å². The van der Waals surface area contributed by atoms with Crippen LogP contribution in [-0.2, 0) is 20.9 Å². The van der Waals surface area contributed by atoms with Gasteiger partial charge in [-0.2, -0.15) is 0 Å². The molecule has 1 aromatic rings. The molecule has 29 heavy (non-hydrogen) atoms. The quantitative estimate of drug-likeness (QED) is 0.702. The fourth-order valence-corrected chi connectivity index (χ4v) is 4.34. The van der Waals surface area contributed by atoms with Crippen molar-refractivity contribution in [2.45, 2.75) is 32.4 Å². The van der Waals surface area contributed by atoms with Crippen molar-refractivity contribution in [2.24, 2.45) is 11.8 Å². The smallest absolute Gasteiger partial charge is 0.308 e. The fourth-order valence-electron chi connectivity index (χ4n) is 4.34. The molecule has 3 aliphatic heterocycles. The molecule has 0 radical (unpaired) electrons. The molecular formula is C20H21N3O6. The number of nitrogens with zero attached hydrogens (tertiary/aromatic N) is 2. The van der Waals surface area contributed by atoms with Gasteiger partial charge in [-0.05, 0) is 36.1 Å². The molecule has 9 nitrogen and oxygen atoms in total. The number of amides is 4. The van der Waals surface area contributed by atoms with Gasteiger partial charge in [-0.25, -0.2) is 0 Å². The second-order valence-corrected chi connectivity index (χ2v) is 7.90. The number of carboxylic acids is 1. The predicted molar refractivity (Wildman–Crippen MR) is 98.7 cm³/mol. The highest BCUT2D eigenvalue weighted by molar-refractivity contribution is 6.06. The minimum atomic E-state index is -0.910. The zero-order valence-corrected chi connectivity index (χ0v) is 15.9. The van der Waals surface area contributed by atoms with E-state index in [9.17, 15) is 29.1 Å². The van der Waals surface area contributed by atoms with E-state index >= 15 is 0 Å². The van der Waals surface area contributed by atoms with Gasteiger partial charge in [-0.3, -0.25) is 29.3 Å². The van der Waals surface area contributed by atoms with Crippen molar-refractivity contribution in [3.8, 4) is 0 Å². The van der Waals surface area contributed by atoms with Crippen molar-refractivity contribution in [1.29, 1.82) is 0 Å². The molecule has 2 fully saturated rings. The summed E-state index contributed by atoms with van der Waals surface area (Å²) in [4.78, 5) is 63.3. The highest BCUT2D eigenvalue weighted by atomic mass is 16.4. The Kier molecular flexibility index (Phi) is 4.60. The van der Waals surface area contributed by atoms with Crippen LogP contribution < -0.4 is 5.32 Å². The number of hydrogen-bond donors (Lipinski definition) is 2. The van der Waals surface area contributed by atoms with Crippen LogP contribution in [0.5, 0.6) is 0 Å². The molecule has 4 rings (SSSR count). The summed E-state index contributed by atoms with van der Waals surface area (Å²) in [6, 6.07) is 4.07. The molecule has 1 aromatic carbocycles. The van der Waals surface area contributed by atoms with E-state index in [-0.39, 0.29) is 49.6 Å². The Morgan fingerprint density at radius 2 is 1.93 bits per heavy atom. The minimum Gasteiger partial charge on any atom is -0.481 e. The van der Waals surface area contributed by atoms with Crippen molar-refractivity contribution in [1.82, 2.24) is 15.1 Å². The van der Waals surface area contributed by atoms with Crippen molar-refractivity contribution in [2.75, 3.05) is 13.1 Å². The van der Waals surface area contributed by atoms with Crippen LogP contribution >= 0.6 is 0 Å². The number of nitrogens with one attached hydrogen (secondary N) is 1. The Labute approximate surface area is 166 Å². The second kappa shape index (κ2) is 6.98. The second-order valence-electron chi connectivity index (χ2n) is 7.90. The van der Waals surface area contributed by atoms with Gasteiger partial charge in [-0.1, -0.05) is 6.92 Å². The number of carboxylic acid groups (broad SMARTS) is 1. The Hall–Kier alpha value is -3.23. The van der Waals surface area contributed by atoms with Gasteiger partial charge in [0.1, 0.15) is 6.04 Å². The number of aliphatic carboxylic acids is 1. The average Bonchev–Trinajstić information content (AvgIpc) is 3.21. The summed E-state index contributed by atoms with van der Waals surface area (Å²) < 4.78 is 0. The summed E-state index contributed by atoms with van der Waals surface area (Å²) >= 11 is 0. The predicted octanol–water partition coefficient (Wildman–Crippen LogP) is 0.240. The molecule has 2 N–H and O–H groups in total. The van der Waals surface area contributed by atoms with Crippen LogP contribution in [0, 0.1) is 11.8 Å². The number of piperidine rings is 1. The first-order chi connectivity index (χ1) is 13.8. The van der Waals surface area contributed by atoms with E-state index in [1.54, 1.807) is 18.2 Å². The van der Waals surface area contributed by atoms with Gasteiger partial charge in [0.15, 0.2) is 0 Å². The monoisotopic (exact) mass is 399 g/mol. The number of fused-ring (bicyclic) bond motifs is 1. The molecule has 0 saturated carbocycles. The third-order valence-corrected chi connectivity index (χ3v) is 5.99. The van der Waals surface area contributed by atoms with Gasteiger partial charge in [0.2, 0.25) is 11.8 Å². The number of hydrogen-bond acceptors (Lipinski definition) is 5. The first-order valence-electron chi connectivity index (χ1n) is 9.56. The number of carbonyl (C=O) groups is 5. The summed E-state index contributed by atoms with van der Waals surface area (Å²) in [5.41, 5.74) is 1.47. The normalized spacial score (nSPS) is 26.5. The Morgan fingerprint density at radius 3 is 2.59 bits per heavy atom. The van der Waals surface area contributed by atoms with E-state index in [0.717, 1.165) is 0 Å². The maximum absolute atomic E-state index is 12.8. The number of imide groups is 1. The lowest BCUT2D eigenvalue weighted by molar-refractivity contribution is -0.142. The lowest BCUT2D eigenvalue weighted by Gasteiger charge is -2.29. The van der Waals surface area contributed by atoms with Crippen molar-refractivity contribution >= 4 is 29.6 Å². The van der Waals surface area contributed by atoms with E-state index in [1.165, 1.54) is 9.80 Å². The number of benzene rings is 1. The number of rotatable bonds is 3. The third-order valence-electron chi connectivity index (χ3n) is 5.99. The van der Waals surface area contributed by atoms with Crippen LogP contribution in [0.3, 0.4) is 0 Å². The molecule has 2 saturated heterocycles. The lowest BCUT2D eigenvalue weighted by atomic mass is 9.99. The van der Waals surface area contributed by atoms with E-state index in [0.29, 0.717) is 23.2 Å². The maximum atomic E-state index is 12.8. The zero-order chi connectivity index (χ0) is 20.9. The zero-order valence-electron chi connectivity index (χ0n) is 15.9. The van der Waals surface area contributed by atoms with Crippen LogP contribution in [0.15, 0.2) is 18.2 Å². The summed E-state index contributed by atoms with van der Waals surface area (Å²) in [6.07, 6.45) is 0.455. The van der Waals surface area contributed by atoms with E-state index in [2.05, 4.69) is 5.32 Å². The van der Waals surface area contributed by atoms with Crippen molar-refractivity contribution < 1.29 is 29.1 Å². The fraction of sp³-hybridized carbons (Fsp3) is 0.450. The summed E-state index contributed by atoms with van der Waals surface area (Å²) in [7, 11) is 0. The Bertz CT molecular complexity index is 942. The molecule has 3 atom stereocenters. The summed E-state index contributed by atoms with van der Waals surface area (Å²) in [6.45, 7) is 2.53.